The quantitative estimate of drug-likeness (QED) is 0.0448. The molecule has 470 valence electrons. The summed E-state index contributed by atoms with van der Waals surface area (Å²) in [6.45, 7) is 18.3. The van der Waals surface area contributed by atoms with E-state index in [9.17, 15) is 9.59 Å². The summed E-state index contributed by atoms with van der Waals surface area (Å²) in [4.78, 5) is 68.8. The maximum Gasteiger partial charge on any atom is 0.255 e. The lowest BCUT2D eigenvalue weighted by Crippen LogP contribution is -2.25. The lowest BCUT2D eigenvalue weighted by Gasteiger charge is -2.28. The first-order chi connectivity index (χ1) is 45.7. The fraction of sp³-hybridized carbons (Fsp3) is 0.179. The third-order valence-corrected chi connectivity index (χ3v) is 16.3. The van der Waals surface area contributed by atoms with E-state index in [1.54, 1.807) is 24.8 Å². The standard InChI is InChI=1S/C78H74N12O4/c1-49-39-53(5)83-73(49)71(74-50(2)40-54(6)84-74)57-21-25-59(26-22-57)77(91)87-61-29-31-67(89(45-63-17-9-13-33-79-63)46-64-18-10-14-34-80-64)69(43-61)93-37-38-94-70-44-62(30-32-68(70)90(47-65-19-11-15-35-81-65)48-66-20-12-16-36-82-66)88-78(92)60-27-23-58(24-28-60)72(75-51(3)41-55(7)85-75)76-52(4)42-56(8)86-76/h9-36,39-44,83,85H,37-38,45-48H2,1-8H3,(H,87,91)(H,88,92)/b74-71-,76-72+. The maximum atomic E-state index is 14.4. The van der Waals surface area contributed by atoms with Crippen molar-refractivity contribution in [1.82, 2.24) is 29.9 Å². The van der Waals surface area contributed by atoms with Crippen LogP contribution in [0.3, 0.4) is 0 Å². The Hall–Kier alpha value is -11.5. The number of carbonyl (C=O) groups excluding carboxylic acids is 2. The maximum absolute atomic E-state index is 14.4. The van der Waals surface area contributed by atoms with Gasteiger partial charge in [0.15, 0.2) is 0 Å². The van der Waals surface area contributed by atoms with E-state index in [2.05, 4.69) is 82.4 Å². The lowest BCUT2D eigenvalue weighted by atomic mass is 9.95. The highest BCUT2D eigenvalue weighted by Crippen LogP contribution is 2.40. The number of aromatic nitrogens is 6. The van der Waals surface area contributed by atoms with Crippen molar-refractivity contribution in [1.29, 1.82) is 0 Å². The summed E-state index contributed by atoms with van der Waals surface area (Å²) >= 11 is 0. The van der Waals surface area contributed by atoms with Gasteiger partial charge in [0.1, 0.15) is 24.7 Å². The molecule has 4 N–H and O–H groups in total. The number of nitrogens with zero attached hydrogens (tertiary/aromatic N) is 8. The summed E-state index contributed by atoms with van der Waals surface area (Å²) in [6, 6.07) is 54.3. The predicted octanol–water partition coefficient (Wildman–Crippen LogP) is 15.9. The molecule has 0 spiro atoms. The van der Waals surface area contributed by atoms with E-state index in [0.29, 0.717) is 60.2 Å². The monoisotopic (exact) mass is 1240 g/mol. The summed E-state index contributed by atoms with van der Waals surface area (Å²) in [5.41, 5.74) is 22.8. The number of carbonyl (C=O) groups is 2. The molecule has 10 aromatic rings. The van der Waals surface area contributed by atoms with Crippen LogP contribution in [0.15, 0.2) is 239 Å². The molecular formula is C78H74N12O4. The molecule has 2 aliphatic heterocycles. The van der Waals surface area contributed by atoms with Gasteiger partial charge in [-0.05, 0) is 210 Å². The molecule has 12 rings (SSSR count). The minimum absolute atomic E-state index is 0.0749. The predicted molar refractivity (Wildman–Crippen MR) is 376 cm³/mol. The Labute approximate surface area is 548 Å². The molecule has 2 amide bonds. The van der Waals surface area contributed by atoms with Gasteiger partial charge in [-0.25, -0.2) is 0 Å². The number of anilines is 4. The Balaban J connectivity index is 0.845. The Morgan fingerprint density at radius 2 is 0.755 bits per heavy atom. The first-order valence-corrected chi connectivity index (χ1v) is 31.4. The number of amides is 2. The average Bonchev–Trinajstić information content (AvgIpc) is 1.62. The van der Waals surface area contributed by atoms with Crippen molar-refractivity contribution >= 4 is 57.1 Å². The molecule has 16 nitrogen and oxygen atoms in total. The first-order valence-electron chi connectivity index (χ1n) is 31.4. The van der Waals surface area contributed by atoms with E-state index < -0.39 is 0 Å². The minimum atomic E-state index is -0.293. The molecule has 8 heterocycles. The van der Waals surface area contributed by atoms with Crippen molar-refractivity contribution in [2.75, 3.05) is 33.6 Å². The van der Waals surface area contributed by atoms with Crippen molar-refractivity contribution in [2.45, 2.75) is 81.6 Å². The zero-order chi connectivity index (χ0) is 65.2. The third-order valence-electron chi connectivity index (χ3n) is 16.3. The van der Waals surface area contributed by atoms with E-state index >= 15 is 0 Å². The summed E-state index contributed by atoms with van der Waals surface area (Å²) in [6.07, 6.45) is 11.3. The molecule has 94 heavy (non-hydrogen) atoms. The fourth-order valence-corrected chi connectivity index (χ4v) is 12.1. The van der Waals surface area contributed by atoms with Gasteiger partial charge in [0, 0.05) is 93.4 Å². The van der Waals surface area contributed by atoms with Crippen LogP contribution in [0.25, 0.3) is 11.1 Å². The zero-order valence-electron chi connectivity index (χ0n) is 54.1. The van der Waals surface area contributed by atoms with E-state index in [0.717, 1.165) is 124 Å². The summed E-state index contributed by atoms with van der Waals surface area (Å²) in [5, 5.41) is 6.33. The number of rotatable bonds is 23. The highest BCUT2D eigenvalue weighted by molar-refractivity contribution is 6.06. The number of H-pyrrole nitrogens is 2. The molecule has 16 heteroatoms. The Kier molecular flexibility index (Phi) is 18.9. The zero-order valence-corrected chi connectivity index (χ0v) is 54.1. The number of aromatic amines is 2. The van der Waals surface area contributed by atoms with Gasteiger partial charge in [0.05, 0.1) is 83.1 Å². The summed E-state index contributed by atoms with van der Waals surface area (Å²) in [5.74, 6) is 0.397. The van der Waals surface area contributed by atoms with E-state index in [4.69, 9.17) is 39.4 Å². The van der Waals surface area contributed by atoms with Crippen molar-refractivity contribution in [3.63, 3.8) is 0 Å². The van der Waals surface area contributed by atoms with Crippen molar-refractivity contribution in [3.05, 3.63) is 308 Å². The number of hydrogen-bond acceptors (Lipinski definition) is 12. The van der Waals surface area contributed by atoms with Crippen LogP contribution in [0.1, 0.15) is 116 Å². The molecule has 4 aromatic carbocycles. The summed E-state index contributed by atoms with van der Waals surface area (Å²) < 4.78 is 13.7. The average molecular weight is 1240 g/mol. The van der Waals surface area contributed by atoms with Gasteiger partial charge in [-0.3, -0.25) is 39.5 Å². The van der Waals surface area contributed by atoms with Crippen LogP contribution >= 0.6 is 0 Å². The Bertz CT molecular complexity index is 4230. The third kappa shape index (κ3) is 14.8. The molecule has 0 unspecified atom stereocenters. The SMILES string of the molecule is CC1=CC(C)=N/C1=C(/c1ccc(C(=O)Nc2ccc(N(Cc3ccccn3)Cc3ccccn3)c(OCCOc3cc(NC(=O)c4ccc(/C(=C5\N=C(C)C=C5C)c5[nH]c(C)cc5C)cc4)ccc3N(Cc3ccccn3)Cc3ccccn3)c2)cc1)c1[nH]c(C)cc1C. The Morgan fingerprint density at radius 3 is 1.04 bits per heavy atom. The lowest BCUT2D eigenvalue weighted by molar-refractivity contribution is 0.101. The van der Waals surface area contributed by atoms with E-state index in [-0.39, 0.29) is 25.0 Å². The smallest absolute Gasteiger partial charge is 0.255 e. The number of nitrogens with one attached hydrogen (secondary N) is 4. The second-order valence-electron chi connectivity index (χ2n) is 23.8. The van der Waals surface area contributed by atoms with Crippen molar-refractivity contribution in [3.8, 4) is 11.5 Å². The van der Waals surface area contributed by atoms with E-state index in [1.807, 2.05) is 185 Å². The number of benzene rings is 4. The summed E-state index contributed by atoms with van der Waals surface area (Å²) in [7, 11) is 0. The van der Waals surface area contributed by atoms with Gasteiger partial charge in [-0.2, -0.15) is 0 Å². The minimum Gasteiger partial charge on any atom is -0.488 e. The fourth-order valence-electron chi connectivity index (χ4n) is 12.1. The second-order valence-corrected chi connectivity index (χ2v) is 23.8. The van der Waals surface area contributed by atoms with Gasteiger partial charge in [-0.1, -0.05) is 48.5 Å². The molecular weight excluding hydrogens is 1170 g/mol. The van der Waals surface area contributed by atoms with Gasteiger partial charge in [-0.15, -0.1) is 0 Å². The Morgan fingerprint density at radius 1 is 0.415 bits per heavy atom. The molecule has 0 aliphatic carbocycles. The number of allylic oxidation sites excluding steroid dienone is 4. The number of hydrogen-bond donors (Lipinski definition) is 4. The van der Waals surface area contributed by atoms with Crippen molar-refractivity contribution < 1.29 is 19.1 Å². The first kappa shape index (κ1) is 62.7. The van der Waals surface area contributed by atoms with Crippen molar-refractivity contribution in [2.24, 2.45) is 9.98 Å². The number of aliphatic imine (C=N–C) groups is 2. The van der Waals surface area contributed by atoms with Crippen LogP contribution in [-0.4, -0.2) is 66.4 Å². The van der Waals surface area contributed by atoms with Crippen LogP contribution in [0.2, 0.25) is 0 Å². The van der Waals surface area contributed by atoms with Crippen LogP contribution < -0.4 is 29.9 Å². The molecule has 0 atom stereocenters. The highest BCUT2D eigenvalue weighted by atomic mass is 16.5. The van der Waals surface area contributed by atoms with Gasteiger partial charge in [0.25, 0.3) is 11.8 Å². The number of pyridine rings is 4. The van der Waals surface area contributed by atoms with Crippen LogP contribution in [0, 0.1) is 27.7 Å². The van der Waals surface area contributed by atoms with Gasteiger partial charge < -0.3 is 39.9 Å². The topological polar surface area (TPSA) is 191 Å². The van der Waals surface area contributed by atoms with Crippen LogP contribution in [0.5, 0.6) is 11.5 Å². The normalized spacial score (nSPS) is 13.7. The second kappa shape index (κ2) is 28.3. The molecule has 0 fully saturated rings. The molecule has 0 saturated heterocycles. The highest BCUT2D eigenvalue weighted by Gasteiger charge is 2.25. The van der Waals surface area contributed by atoms with Crippen LogP contribution in [0.4, 0.5) is 22.7 Å². The van der Waals surface area contributed by atoms with Crippen LogP contribution in [-0.2, 0) is 26.2 Å². The molecule has 0 radical (unpaired) electrons. The van der Waals surface area contributed by atoms with Gasteiger partial charge >= 0.3 is 0 Å². The molecule has 0 bridgehead atoms. The molecule has 6 aromatic heterocycles. The largest absolute Gasteiger partial charge is 0.488 e. The van der Waals surface area contributed by atoms with Gasteiger partial charge in [0.2, 0.25) is 0 Å². The molecule has 0 saturated carbocycles. The number of aryl methyl sites for hydroxylation is 4. The number of ether oxygens (including phenoxy) is 2. The molecule has 2 aliphatic rings. The van der Waals surface area contributed by atoms with E-state index in [1.165, 1.54) is 0 Å².